The summed E-state index contributed by atoms with van der Waals surface area (Å²) in [6.07, 6.45) is -4.40. The maximum absolute atomic E-state index is 12.9. The van der Waals surface area contributed by atoms with E-state index >= 15 is 0 Å². The molecular formula is C19H14F3N3O2S2. The monoisotopic (exact) mass is 437 g/mol. The third-order valence-electron chi connectivity index (χ3n) is 4.70. The number of thiazole rings is 1. The number of aromatic nitrogens is 1. The smallest absolute Gasteiger partial charge is 0.319 e. The van der Waals surface area contributed by atoms with E-state index in [-0.39, 0.29) is 12.5 Å². The lowest BCUT2D eigenvalue weighted by Crippen LogP contribution is -2.40. The Kier molecular flexibility index (Phi) is 4.70. The van der Waals surface area contributed by atoms with Gasteiger partial charge in [0.2, 0.25) is 0 Å². The van der Waals surface area contributed by atoms with E-state index in [2.05, 4.69) is 10.3 Å². The highest BCUT2D eigenvalue weighted by atomic mass is 32.1. The van der Waals surface area contributed by atoms with Crippen LogP contribution in [0.25, 0.3) is 10.6 Å². The van der Waals surface area contributed by atoms with Crippen LogP contribution in [0.4, 0.5) is 18.0 Å². The minimum atomic E-state index is -4.40. The van der Waals surface area contributed by atoms with Crippen molar-refractivity contribution in [2.45, 2.75) is 25.2 Å². The molecule has 1 unspecified atom stereocenters. The number of hydrogen-bond donors (Lipinski definition) is 1. The number of alkyl halides is 3. The number of nitrogens with zero attached hydrogens (tertiary/aromatic N) is 2. The molecular weight excluding hydrogens is 423 g/mol. The molecule has 1 atom stereocenters. The number of carbonyl (C=O) groups excluding carboxylic acids is 2. The van der Waals surface area contributed by atoms with Crippen molar-refractivity contribution in [2.75, 3.05) is 0 Å². The van der Waals surface area contributed by atoms with Crippen molar-refractivity contribution in [1.29, 1.82) is 0 Å². The molecule has 10 heteroatoms. The fourth-order valence-corrected chi connectivity index (χ4v) is 4.64. The summed E-state index contributed by atoms with van der Waals surface area (Å²) < 4.78 is 38.1. The van der Waals surface area contributed by atoms with Gasteiger partial charge in [0, 0.05) is 10.9 Å². The average Bonchev–Trinajstić information content (AvgIpc) is 3.40. The van der Waals surface area contributed by atoms with Crippen LogP contribution in [0.1, 0.15) is 23.7 Å². The number of rotatable bonds is 4. The summed E-state index contributed by atoms with van der Waals surface area (Å²) in [5.41, 5.74) is -0.113. The van der Waals surface area contributed by atoms with Gasteiger partial charge in [-0.05, 0) is 41.4 Å². The Labute approximate surface area is 171 Å². The summed E-state index contributed by atoms with van der Waals surface area (Å²) in [5, 5.41) is 8.57. The zero-order valence-electron chi connectivity index (χ0n) is 15.0. The topological polar surface area (TPSA) is 62.3 Å². The fraction of sp³-hybridized carbons (Fsp3) is 0.211. The largest absolute Gasteiger partial charge is 0.416 e. The lowest BCUT2D eigenvalue weighted by atomic mass is 9.95. The van der Waals surface area contributed by atoms with Crippen LogP contribution in [0.2, 0.25) is 0 Å². The molecule has 0 aliphatic carbocycles. The Morgan fingerprint density at radius 2 is 1.86 bits per heavy atom. The van der Waals surface area contributed by atoms with E-state index in [0.717, 1.165) is 17.0 Å². The number of benzene rings is 1. The molecule has 3 amide bonds. The van der Waals surface area contributed by atoms with E-state index in [9.17, 15) is 22.8 Å². The second-order valence-electron chi connectivity index (χ2n) is 6.68. The van der Waals surface area contributed by atoms with Crippen molar-refractivity contribution in [3.63, 3.8) is 0 Å². The zero-order valence-corrected chi connectivity index (χ0v) is 16.6. The van der Waals surface area contributed by atoms with Gasteiger partial charge in [-0.1, -0.05) is 12.1 Å². The number of imide groups is 1. The number of carbonyl (C=O) groups is 2. The molecule has 2 aromatic heterocycles. The molecule has 150 valence electrons. The van der Waals surface area contributed by atoms with Gasteiger partial charge >= 0.3 is 12.2 Å². The van der Waals surface area contributed by atoms with Gasteiger partial charge in [-0.3, -0.25) is 9.69 Å². The number of nitrogens with one attached hydrogen (secondary N) is 1. The molecule has 0 radical (unpaired) electrons. The molecule has 3 heterocycles. The number of halogens is 3. The van der Waals surface area contributed by atoms with E-state index < -0.39 is 23.3 Å². The summed E-state index contributed by atoms with van der Waals surface area (Å²) in [4.78, 5) is 30.7. The maximum atomic E-state index is 12.9. The fourth-order valence-electron chi connectivity index (χ4n) is 3.06. The molecule has 3 aromatic rings. The summed E-state index contributed by atoms with van der Waals surface area (Å²) in [6, 6.07) is 5.99. The van der Waals surface area contributed by atoms with Gasteiger partial charge in [-0.15, -0.1) is 11.3 Å². The SMILES string of the molecule is CC1(c2ccsc2)NC(=O)N(Cc2csc(-c3ccc(C(F)(F)F)cc3)n2)C1=O. The van der Waals surface area contributed by atoms with E-state index in [1.807, 2.05) is 10.8 Å². The van der Waals surface area contributed by atoms with Gasteiger partial charge in [-0.2, -0.15) is 24.5 Å². The predicted octanol–water partition coefficient (Wildman–Crippen LogP) is 4.86. The molecule has 1 aliphatic heterocycles. The van der Waals surface area contributed by atoms with Crippen LogP contribution in [-0.4, -0.2) is 21.8 Å². The van der Waals surface area contributed by atoms with Crippen molar-refractivity contribution < 1.29 is 22.8 Å². The van der Waals surface area contributed by atoms with E-state index in [4.69, 9.17) is 0 Å². The quantitative estimate of drug-likeness (QED) is 0.593. The molecule has 1 aromatic carbocycles. The third kappa shape index (κ3) is 3.53. The summed E-state index contributed by atoms with van der Waals surface area (Å²) in [7, 11) is 0. The van der Waals surface area contributed by atoms with Gasteiger partial charge in [0.1, 0.15) is 10.5 Å². The lowest BCUT2D eigenvalue weighted by Gasteiger charge is -2.20. The first-order valence-corrected chi connectivity index (χ1v) is 10.3. The van der Waals surface area contributed by atoms with Gasteiger partial charge in [0.15, 0.2) is 0 Å². The average molecular weight is 437 g/mol. The third-order valence-corrected chi connectivity index (χ3v) is 6.33. The molecule has 1 fully saturated rings. The molecule has 1 N–H and O–H groups in total. The van der Waals surface area contributed by atoms with Crippen LogP contribution in [0, 0.1) is 0 Å². The number of hydrogen-bond acceptors (Lipinski definition) is 5. The molecule has 1 saturated heterocycles. The van der Waals surface area contributed by atoms with Crippen LogP contribution in [0.3, 0.4) is 0 Å². The first-order chi connectivity index (χ1) is 13.7. The Morgan fingerprint density at radius 1 is 1.14 bits per heavy atom. The molecule has 0 bridgehead atoms. The standard InChI is InChI=1S/C19H14F3N3O2S2/c1-18(13-6-7-28-9-13)16(26)25(17(27)24-18)8-14-10-29-15(23-14)11-2-4-12(5-3-11)19(20,21)22/h2-7,9-10H,8H2,1H3,(H,24,27). The minimum absolute atomic E-state index is 0.0124. The summed E-state index contributed by atoms with van der Waals surface area (Å²) >= 11 is 2.67. The Morgan fingerprint density at radius 3 is 2.48 bits per heavy atom. The van der Waals surface area contributed by atoms with E-state index in [1.165, 1.54) is 34.8 Å². The molecule has 4 rings (SSSR count). The van der Waals surface area contributed by atoms with Crippen LogP contribution >= 0.6 is 22.7 Å². The van der Waals surface area contributed by atoms with Crippen LogP contribution in [0.5, 0.6) is 0 Å². The molecule has 0 saturated carbocycles. The normalized spacial score (nSPS) is 19.7. The zero-order chi connectivity index (χ0) is 20.8. The predicted molar refractivity (Wildman–Crippen MR) is 103 cm³/mol. The Hall–Kier alpha value is -2.72. The van der Waals surface area contributed by atoms with Crippen molar-refractivity contribution in [1.82, 2.24) is 15.2 Å². The molecule has 1 aliphatic rings. The van der Waals surface area contributed by atoms with Gasteiger partial charge < -0.3 is 5.32 Å². The van der Waals surface area contributed by atoms with E-state index in [0.29, 0.717) is 21.8 Å². The molecule has 0 spiro atoms. The number of urea groups is 1. The first-order valence-electron chi connectivity index (χ1n) is 8.47. The summed E-state index contributed by atoms with van der Waals surface area (Å²) in [6.45, 7) is 1.64. The van der Waals surface area contributed by atoms with Crippen LogP contribution in [-0.2, 0) is 23.1 Å². The van der Waals surface area contributed by atoms with Gasteiger partial charge in [-0.25, -0.2) is 9.78 Å². The van der Waals surface area contributed by atoms with Crippen LogP contribution in [0.15, 0.2) is 46.5 Å². The first kappa shape index (κ1) is 19.6. The lowest BCUT2D eigenvalue weighted by molar-refractivity contribution is -0.137. The second-order valence-corrected chi connectivity index (χ2v) is 8.32. The van der Waals surface area contributed by atoms with E-state index in [1.54, 1.807) is 18.4 Å². The number of thiophene rings is 1. The van der Waals surface area contributed by atoms with Gasteiger partial charge in [0.25, 0.3) is 5.91 Å². The Bertz CT molecular complexity index is 1060. The van der Waals surface area contributed by atoms with Gasteiger partial charge in [0.05, 0.1) is 17.8 Å². The highest BCUT2D eigenvalue weighted by Gasteiger charge is 2.49. The van der Waals surface area contributed by atoms with Crippen molar-refractivity contribution in [3.05, 3.63) is 63.3 Å². The highest BCUT2D eigenvalue weighted by molar-refractivity contribution is 7.13. The van der Waals surface area contributed by atoms with Crippen molar-refractivity contribution in [2.24, 2.45) is 0 Å². The Balaban J connectivity index is 1.52. The van der Waals surface area contributed by atoms with Crippen molar-refractivity contribution >= 4 is 34.6 Å². The molecule has 29 heavy (non-hydrogen) atoms. The maximum Gasteiger partial charge on any atom is 0.416 e. The second kappa shape index (κ2) is 6.96. The highest BCUT2D eigenvalue weighted by Crippen LogP contribution is 2.33. The van der Waals surface area contributed by atoms with Crippen molar-refractivity contribution in [3.8, 4) is 10.6 Å². The minimum Gasteiger partial charge on any atom is -0.319 e. The summed E-state index contributed by atoms with van der Waals surface area (Å²) in [5.74, 6) is -0.370. The van der Waals surface area contributed by atoms with Crippen LogP contribution < -0.4 is 5.32 Å². The molecule has 5 nitrogen and oxygen atoms in total. The number of amides is 3.